The smallest absolute Gasteiger partial charge is 0.315 e. The summed E-state index contributed by atoms with van der Waals surface area (Å²) in [5, 5.41) is 31.8. The SMILES string of the molecule is COc1cc(/C=N\n2c(C3CC3)n[nH]c2=S)cc([N+](=O)[O-])c1O. The number of aromatic hydroxyl groups is 1. The van der Waals surface area contributed by atoms with E-state index in [1.807, 2.05) is 0 Å². The number of nitro benzene ring substituents is 1. The first-order chi connectivity index (χ1) is 11.0. The Labute approximate surface area is 135 Å². The second-order valence-corrected chi connectivity index (χ2v) is 5.45. The highest BCUT2D eigenvalue weighted by atomic mass is 32.1. The van der Waals surface area contributed by atoms with Crippen molar-refractivity contribution in [3.63, 3.8) is 0 Å². The number of phenolic OH excluding ortho intramolecular Hbond substituents is 1. The van der Waals surface area contributed by atoms with Crippen LogP contribution in [0.3, 0.4) is 0 Å². The van der Waals surface area contributed by atoms with Crippen LogP contribution in [-0.4, -0.2) is 38.2 Å². The molecule has 1 fully saturated rings. The Hall–Kier alpha value is -2.75. The molecule has 2 aromatic rings. The van der Waals surface area contributed by atoms with Crippen LogP contribution in [0.1, 0.15) is 30.1 Å². The zero-order chi connectivity index (χ0) is 16.6. The third-order valence-corrected chi connectivity index (χ3v) is 3.70. The molecule has 1 aliphatic carbocycles. The lowest BCUT2D eigenvalue weighted by atomic mass is 10.2. The number of phenols is 1. The molecule has 0 aliphatic heterocycles. The lowest BCUT2D eigenvalue weighted by molar-refractivity contribution is -0.386. The van der Waals surface area contributed by atoms with E-state index in [0.29, 0.717) is 16.3 Å². The number of hydrogen-bond acceptors (Lipinski definition) is 7. The number of benzene rings is 1. The Kier molecular flexibility index (Phi) is 3.82. The third kappa shape index (κ3) is 2.93. The molecular weight excluding hydrogens is 322 g/mol. The lowest BCUT2D eigenvalue weighted by Crippen LogP contribution is -1.98. The number of aromatic amines is 1. The van der Waals surface area contributed by atoms with Gasteiger partial charge >= 0.3 is 5.69 Å². The largest absolute Gasteiger partial charge is 0.500 e. The molecule has 1 saturated carbocycles. The molecule has 9 nitrogen and oxygen atoms in total. The van der Waals surface area contributed by atoms with Crippen LogP contribution in [0, 0.1) is 14.9 Å². The molecule has 1 aromatic heterocycles. The molecule has 0 bridgehead atoms. The van der Waals surface area contributed by atoms with Gasteiger partial charge in [0.1, 0.15) is 0 Å². The number of H-pyrrole nitrogens is 1. The number of rotatable bonds is 5. The van der Waals surface area contributed by atoms with Crippen LogP contribution in [0.5, 0.6) is 11.5 Å². The number of aromatic nitrogens is 3. The topological polar surface area (TPSA) is 119 Å². The highest BCUT2D eigenvalue weighted by molar-refractivity contribution is 7.71. The minimum atomic E-state index is -0.686. The van der Waals surface area contributed by atoms with E-state index in [1.165, 1.54) is 30.1 Å². The summed E-state index contributed by atoms with van der Waals surface area (Å²) in [6.07, 6.45) is 3.48. The number of ether oxygens (including phenoxy) is 1. The van der Waals surface area contributed by atoms with Crippen molar-refractivity contribution in [2.45, 2.75) is 18.8 Å². The average molecular weight is 335 g/mol. The van der Waals surface area contributed by atoms with Gasteiger partial charge in [0.2, 0.25) is 10.5 Å². The van der Waals surface area contributed by atoms with Gasteiger partial charge in [0.15, 0.2) is 11.6 Å². The maximum absolute atomic E-state index is 11.0. The summed E-state index contributed by atoms with van der Waals surface area (Å²) in [6.45, 7) is 0. The number of nitrogens with zero attached hydrogens (tertiary/aromatic N) is 4. The Morgan fingerprint density at radius 2 is 2.35 bits per heavy atom. The Balaban J connectivity index is 2.00. The zero-order valence-corrected chi connectivity index (χ0v) is 12.9. The van der Waals surface area contributed by atoms with Crippen LogP contribution in [0.2, 0.25) is 0 Å². The predicted molar refractivity (Wildman–Crippen MR) is 83.7 cm³/mol. The van der Waals surface area contributed by atoms with Crippen molar-refractivity contribution in [1.29, 1.82) is 0 Å². The van der Waals surface area contributed by atoms with Crippen molar-refractivity contribution in [2.24, 2.45) is 5.10 Å². The van der Waals surface area contributed by atoms with Gasteiger partial charge in [-0.3, -0.25) is 15.2 Å². The molecule has 3 rings (SSSR count). The molecule has 0 radical (unpaired) electrons. The van der Waals surface area contributed by atoms with Crippen molar-refractivity contribution < 1.29 is 14.8 Å². The fourth-order valence-corrected chi connectivity index (χ4v) is 2.32. The fourth-order valence-electron chi connectivity index (χ4n) is 2.13. The lowest BCUT2D eigenvalue weighted by Gasteiger charge is -2.05. The van der Waals surface area contributed by atoms with Crippen molar-refractivity contribution in [3.8, 4) is 11.5 Å². The Morgan fingerprint density at radius 3 is 2.96 bits per heavy atom. The second kappa shape index (κ2) is 5.80. The van der Waals surface area contributed by atoms with Gasteiger partial charge in [-0.2, -0.15) is 14.9 Å². The Bertz CT molecular complexity index is 853. The average Bonchev–Trinajstić information content (AvgIpc) is 3.30. The summed E-state index contributed by atoms with van der Waals surface area (Å²) in [5.41, 5.74) is -0.0554. The van der Waals surface area contributed by atoms with Crippen LogP contribution in [0.25, 0.3) is 0 Å². The third-order valence-electron chi connectivity index (χ3n) is 3.43. The molecule has 0 saturated heterocycles. The van der Waals surface area contributed by atoms with Crippen molar-refractivity contribution >= 4 is 24.1 Å². The molecule has 1 aliphatic rings. The minimum Gasteiger partial charge on any atom is -0.500 e. The summed E-state index contributed by atoms with van der Waals surface area (Å²) in [7, 11) is 1.32. The maximum atomic E-state index is 11.0. The maximum Gasteiger partial charge on any atom is 0.315 e. The standard InChI is InChI=1S/C13H13N5O4S/c1-22-10-5-7(4-9(11(10)19)18(20)21)6-14-17-12(8-2-3-8)15-16-13(17)23/h4-6,8,19H,2-3H2,1H3,(H,16,23)/b14-6-. The first-order valence-electron chi connectivity index (χ1n) is 6.78. The highest BCUT2D eigenvalue weighted by Crippen LogP contribution is 2.39. The van der Waals surface area contributed by atoms with Gasteiger partial charge in [0, 0.05) is 17.5 Å². The number of methoxy groups -OCH3 is 1. The molecule has 0 spiro atoms. The molecule has 0 unspecified atom stereocenters. The van der Waals surface area contributed by atoms with Crippen LogP contribution in [0.4, 0.5) is 5.69 Å². The van der Waals surface area contributed by atoms with Gasteiger partial charge in [-0.05, 0) is 31.1 Å². The van der Waals surface area contributed by atoms with Crippen molar-refractivity contribution in [2.75, 3.05) is 7.11 Å². The quantitative estimate of drug-likeness (QED) is 0.374. The fraction of sp³-hybridized carbons (Fsp3) is 0.308. The van der Waals surface area contributed by atoms with Gasteiger partial charge < -0.3 is 9.84 Å². The monoisotopic (exact) mass is 335 g/mol. The summed E-state index contributed by atoms with van der Waals surface area (Å²) < 4.78 is 6.80. The number of nitrogens with one attached hydrogen (secondary N) is 1. The zero-order valence-electron chi connectivity index (χ0n) is 12.1. The first kappa shape index (κ1) is 15.2. The van der Waals surface area contributed by atoms with Crippen LogP contribution in [0.15, 0.2) is 17.2 Å². The van der Waals surface area contributed by atoms with E-state index in [4.69, 9.17) is 17.0 Å². The number of hydrogen-bond donors (Lipinski definition) is 2. The van der Waals surface area contributed by atoms with Gasteiger partial charge in [0.25, 0.3) is 0 Å². The minimum absolute atomic E-state index is 0.00106. The number of nitro groups is 1. The highest BCUT2D eigenvalue weighted by Gasteiger charge is 2.29. The van der Waals surface area contributed by atoms with E-state index in [9.17, 15) is 15.2 Å². The summed E-state index contributed by atoms with van der Waals surface area (Å²) in [4.78, 5) is 10.3. The summed E-state index contributed by atoms with van der Waals surface area (Å²) in [5.74, 6) is 0.558. The molecule has 0 atom stereocenters. The molecule has 120 valence electrons. The second-order valence-electron chi connectivity index (χ2n) is 5.07. The van der Waals surface area contributed by atoms with Crippen LogP contribution in [-0.2, 0) is 0 Å². The molecule has 1 heterocycles. The van der Waals surface area contributed by atoms with Crippen LogP contribution >= 0.6 is 12.2 Å². The molecule has 23 heavy (non-hydrogen) atoms. The van der Waals surface area contributed by atoms with Gasteiger partial charge in [0.05, 0.1) is 18.2 Å². The predicted octanol–water partition coefficient (Wildman–Crippen LogP) is 2.32. The van der Waals surface area contributed by atoms with E-state index in [-0.39, 0.29) is 5.75 Å². The van der Waals surface area contributed by atoms with E-state index in [0.717, 1.165) is 18.7 Å². The van der Waals surface area contributed by atoms with E-state index in [1.54, 1.807) is 0 Å². The van der Waals surface area contributed by atoms with E-state index in [2.05, 4.69) is 15.3 Å². The molecule has 10 heteroatoms. The van der Waals surface area contributed by atoms with E-state index >= 15 is 0 Å². The molecule has 1 aromatic carbocycles. The summed E-state index contributed by atoms with van der Waals surface area (Å²) >= 11 is 5.13. The van der Waals surface area contributed by atoms with Crippen LogP contribution < -0.4 is 4.74 Å². The molecule has 0 amide bonds. The first-order valence-corrected chi connectivity index (χ1v) is 7.19. The Morgan fingerprint density at radius 1 is 1.61 bits per heavy atom. The van der Waals surface area contributed by atoms with E-state index < -0.39 is 16.4 Å². The van der Waals surface area contributed by atoms with Crippen molar-refractivity contribution in [3.05, 3.63) is 38.4 Å². The molecule has 2 N–H and O–H groups in total. The summed E-state index contributed by atoms with van der Waals surface area (Å²) in [6, 6.07) is 2.66. The van der Waals surface area contributed by atoms with Gasteiger partial charge in [-0.1, -0.05) is 0 Å². The normalized spacial score (nSPS) is 14.3. The molecular formula is C13H13N5O4S. The van der Waals surface area contributed by atoms with Gasteiger partial charge in [-0.15, -0.1) is 0 Å². The van der Waals surface area contributed by atoms with Crippen molar-refractivity contribution in [1.82, 2.24) is 14.9 Å². The van der Waals surface area contributed by atoms with Gasteiger partial charge in [-0.25, -0.2) is 0 Å².